The smallest absolute Gasteiger partial charge is 0.262 e. The van der Waals surface area contributed by atoms with Gasteiger partial charge in [-0.05, 0) is 12.1 Å². The van der Waals surface area contributed by atoms with Crippen LogP contribution in [-0.2, 0) is 27.8 Å². The van der Waals surface area contributed by atoms with Crippen molar-refractivity contribution < 1.29 is 18.4 Å². The van der Waals surface area contributed by atoms with Crippen LogP contribution in [0.15, 0.2) is 41.8 Å². The summed E-state index contributed by atoms with van der Waals surface area (Å²) in [5.74, 6) is -0.825. The van der Waals surface area contributed by atoms with E-state index in [1.54, 1.807) is 0 Å². The topological polar surface area (TPSA) is 125 Å². The van der Waals surface area contributed by atoms with Gasteiger partial charge in [0.1, 0.15) is 10.9 Å². The maximum absolute atomic E-state index is 12.8. The number of amides is 1. The number of sulfonamides is 1. The van der Waals surface area contributed by atoms with Crippen molar-refractivity contribution in [3.63, 3.8) is 0 Å². The molecule has 0 aliphatic carbocycles. The Bertz CT molecular complexity index is 827. The Hall–Kier alpha value is -2.43. The number of pyridine rings is 1. The first-order valence-electron chi connectivity index (χ1n) is 6.68. The Morgan fingerprint density at radius 2 is 2.00 bits per heavy atom. The van der Waals surface area contributed by atoms with E-state index in [1.165, 1.54) is 42.4 Å². The van der Waals surface area contributed by atoms with Gasteiger partial charge in [0.25, 0.3) is 5.91 Å². The lowest BCUT2D eigenvalue weighted by atomic mass is 10.0. The van der Waals surface area contributed by atoms with E-state index in [1.807, 2.05) is 0 Å². The molecule has 2 N–H and O–H groups in total. The van der Waals surface area contributed by atoms with Crippen molar-refractivity contribution in [2.45, 2.75) is 23.9 Å². The summed E-state index contributed by atoms with van der Waals surface area (Å²) >= 11 is 0. The Morgan fingerprint density at radius 1 is 1.26 bits per heavy atom. The minimum absolute atomic E-state index is 0.0229. The van der Waals surface area contributed by atoms with Crippen molar-refractivity contribution in [1.29, 1.82) is 0 Å². The second-order valence-corrected chi connectivity index (χ2v) is 6.78. The first-order valence-corrected chi connectivity index (χ1v) is 8.12. The number of rotatable bonds is 3. The molecule has 0 bridgehead atoms. The number of nitrogens with zero attached hydrogens (tertiary/aromatic N) is 4. The quantitative estimate of drug-likeness (QED) is 0.571. The maximum Gasteiger partial charge on any atom is 0.262 e. The minimum Gasteiger partial charge on any atom is -0.289 e. The molecule has 10 heteroatoms. The number of carbonyl (C=O) groups is 1. The average Bonchev–Trinajstić information content (AvgIpc) is 2.60. The lowest BCUT2D eigenvalue weighted by Gasteiger charge is -2.33. The molecule has 0 saturated heterocycles. The molecule has 0 fully saturated rings. The van der Waals surface area contributed by atoms with Crippen molar-refractivity contribution in [2.24, 2.45) is 0 Å². The summed E-state index contributed by atoms with van der Waals surface area (Å²) in [7, 11) is -3.98. The summed E-state index contributed by atoms with van der Waals surface area (Å²) in [6.07, 6.45) is 5.61. The fraction of sp³-hybridized carbons (Fsp3) is 0.231. The van der Waals surface area contributed by atoms with Gasteiger partial charge in [0, 0.05) is 31.2 Å². The van der Waals surface area contributed by atoms with Crippen molar-refractivity contribution >= 4 is 15.9 Å². The molecular weight excluding hydrogens is 322 g/mol. The predicted molar refractivity (Wildman–Crippen MR) is 76.4 cm³/mol. The van der Waals surface area contributed by atoms with E-state index in [9.17, 15) is 13.2 Å². The van der Waals surface area contributed by atoms with Crippen LogP contribution in [0, 0.1) is 0 Å². The third-order valence-corrected chi connectivity index (χ3v) is 5.39. The van der Waals surface area contributed by atoms with Crippen LogP contribution in [0.3, 0.4) is 0 Å². The predicted octanol–water partition coefficient (Wildman–Crippen LogP) is -0.507. The van der Waals surface area contributed by atoms with Gasteiger partial charge >= 0.3 is 0 Å². The fourth-order valence-corrected chi connectivity index (χ4v) is 3.94. The number of hydrogen-bond acceptors (Lipinski definition) is 7. The van der Waals surface area contributed by atoms with E-state index >= 15 is 0 Å². The van der Waals surface area contributed by atoms with Crippen LogP contribution in [0.4, 0.5) is 0 Å². The highest BCUT2D eigenvalue weighted by molar-refractivity contribution is 7.89. The third kappa shape index (κ3) is 2.79. The number of hydrogen-bond donors (Lipinski definition) is 2. The van der Waals surface area contributed by atoms with E-state index in [4.69, 9.17) is 5.21 Å². The van der Waals surface area contributed by atoms with Gasteiger partial charge in [-0.2, -0.15) is 4.31 Å². The molecule has 0 saturated carbocycles. The Morgan fingerprint density at radius 3 is 2.65 bits per heavy atom. The van der Waals surface area contributed by atoms with Gasteiger partial charge in [-0.1, -0.05) is 0 Å². The van der Waals surface area contributed by atoms with Gasteiger partial charge < -0.3 is 0 Å². The zero-order chi connectivity index (χ0) is 16.4. The SMILES string of the molecule is O=C(NO)[C@H]1Cc2nccnc2CN1S(=O)(=O)c1cccnc1. The molecule has 120 valence electrons. The second-order valence-electron chi connectivity index (χ2n) is 4.88. The molecule has 2 aromatic rings. The van der Waals surface area contributed by atoms with Gasteiger partial charge in [0.2, 0.25) is 10.0 Å². The van der Waals surface area contributed by atoms with Crippen LogP contribution in [0.1, 0.15) is 11.4 Å². The normalized spacial score (nSPS) is 18.2. The molecule has 0 unspecified atom stereocenters. The van der Waals surface area contributed by atoms with Crippen LogP contribution in [0.5, 0.6) is 0 Å². The molecule has 1 atom stereocenters. The molecule has 23 heavy (non-hydrogen) atoms. The van der Waals surface area contributed by atoms with Crippen LogP contribution in [0.2, 0.25) is 0 Å². The second kappa shape index (κ2) is 5.99. The molecule has 1 amide bonds. The fourth-order valence-electron chi connectivity index (χ4n) is 2.43. The number of fused-ring (bicyclic) bond motifs is 1. The van der Waals surface area contributed by atoms with Crippen molar-refractivity contribution in [3.8, 4) is 0 Å². The molecule has 3 rings (SSSR count). The molecule has 9 nitrogen and oxygen atoms in total. The minimum atomic E-state index is -3.98. The van der Waals surface area contributed by atoms with E-state index in [0.29, 0.717) is 11.4 Å². The van der Waals surface area contributed by atoms with Gasteiger partial charge in [-0.15, -0.1) is 0 Å². The summed E-state index contributed by atoms with van der Waals surface area (Å²) in [6.45, 7) is -0.113. The van der Waals surface area contributed by atoms with E-state index in [-0.39, 0.29) is 17.9 Å². The lowest BCUT2D eigenvalue weighted by Crippen LogP contribution is -2.52. The van der Waals surface area contributed by atoms with Gasteiger partial charge in [0.15, 0.2) is 0 Å². The summed E-state index contributed by atoms with van der Waals surface area (Å²) in [4.78, 5) is 23.9. The van der Waals surface area contributed by atoms with Gasteiger partial charge in [-0.25, -0.2) is 13.9 Å². The molecule has 0 aromatic carbocycles. The zero-order valence-electron chi connectivity index (χ0n) is 11.8. The number of nitrogens with one attached hydrogen (secondary N) is 1. The van der Waals surface area contributed by atoms with Crippen molar-refractivity contribution in [2.75, 3.05) is 0 Å². The van der Waals surface area contributed by atoms with Crippen molar-refractivity contribution in [1.82, 2.24) is 24.7 Å². The Balaban J connectivity index is 2.06. The summed E-state index contributed by atoms with van der Waals surface area (Å²) in [5.41, 5.74) is 2.51. The first kappa shape index (κ1) is 15.5. The zero-order valence-corrected chi connectivity index (χ0v) is 12.6. The molecule has 3 heterocycles. The van der Waals surface area contributed by atoms with Crippen LogP contribution >= 0.6 is 0 Å². The van der Waals surface area contributed by atoms with Crippen molar-refractivity contribution in [3.05, 3.63) is 48.3 Å². The monoisotopic (exact) mass is 335 g/mol. The molecule has 1 aliphatic rings. The Labute approximate surface area is 132 Å². The summed E-state index contributed by atoms with van der Waals surface area (Å²) < 4.78 is 26.6. The van der Waals surface area contributed by atoms with E-state index in [2.05, 4.69) is 15.0 Å². The summed E-state index contributed by atoms with van der Waals surface area (Å²) in [6, 6.07) is 1.77. The molecule has 0 radical (unpaired) electrons. The first-order chi connectivity index (χ1) is 11.0. The van der Waals surface area contributed by atoms with Gasteiger partial charge in [0.05, 0.1) is 17.9 Å². The molecule has 2 aromatic heterocycles. The number of hydroxylamine groups is 1. The van der Waals surface area contributed by atoms with E-state index < -0.39 is 22.0 Å². The third-order valence-electron chi connectivity index (χ3n) is 3.55. The van der Waals surface area contributed by atoms with Crippen LogP contribution < -0.4 is 5.48 Å². The van der Waals surface area contributed by atoms with E-state index in [0.717, 1.165) is 4.31 Å². The number of carbonyl (C=O) groups excluding carboxylic acids is 1. The number of aromatic nitrogens is 3. The highest BCUT2D eigenvalue weighted by Crippen LogP contribution is 2.26. The summed E-state index contributed by atoms with van der Waals surface area (Å²) in [5, 5.41) is 8.92. The highest BCUT2D eigenvalue weighted by atomic mass is 32.2. The molecule has 0 spiro atoms. The molecular formula is C13H13N5O4S. The highest BCUT2D eigenvalue weighted by Gasteiger charge is 2.40. The van der Waals surface area contributed by atoms with Gasteiger partial charge in [-0.3, -0.25) is 25.0 Å². The molecule has 1 aliphatic heterocycles. The average molecular weight is 335 g/mol. The Kier molecular flexibility index (Phi) is 4.03. The standard InChI is InChI=1S/C13H13N5O4S/c19-13(17-20)12-6-10-11(16-5-4-15-10)8-18(12)23(21,22)9-2-1-3-14-7-9/h1-5,7,12,20H,6,8H2,(H,17,19)/t12-/m1/s1. The van der Waals surface area contributed by atoms with Crippen LogP contribution in [0.25, 0.3) is 0 Å². The maximum atomic E-state index is 12.8. The van der Waals surface area contributed by atoms with Crippen LogP contribution in [-0.4, -0.2) is 44.8 Å². The largest absolute Gasteiger partial charge is 0.289 e. The lowest BCUT2D eigenvalue weighted by molar-refractivity contribution is -0.133.